The summed E-state index contributed by atoms with van der Waals surface area (Å²) in [6, 6.07) is 33.8. The second-order valence-electron chi connectivity index (χ2n) is 7.68. The maximum atomic E-state index is 5.13. The molecule has 0 bridgehead atoms. The molecule has 2 heterocycles. The van der Waals surface area contributed by atoms with Gasteiger partial charge in [-0.05, 0) is 34.4 Å². The summed E-state index contributed by atoms with van der Waals surface area (Å²) in [7, 11) is 0. The molecule has 6 rings (SSSR count). The summed E-state index contributed by atoms with van der Waals surface area (Å²) >= 11 is 0. The average molecular weight is 396 g/mol. The molecule has 1 aliphatic rings. The van der Waals surface area contributed by atoms with Gasteiger partial charge in [0.15, 0.2) is 0 Å². The number of aromatic nitrogens is 2. The van der Waals surface area contributed by atoms with Crippen LogP contribution in [0.5, 0.6) is 0 Å². The number of benzene rings is 3. The molecule has 1 aliphatic carbocycles. The first-order valence-corrected chi connectivity index (χ1v) is 10.5. The van der Waals surface area contributed by atoms with Crippen LogP contribution in [0.2, 0.25) is 0 Å². The Balaban J connectivity index is 1.69. The van der Waals surface area contributed by atoms with Crippen LogP contribution in [0, 0.1) is 0 Å². The van der Waals surface area contributed by atoms with Crippen molar-refractivity contribution >= 4 is 22.7 Å². The Morgan fingerprint density at radius 3 is 1.94 bits per heavy atom. The molecule has 0 saturated carbocycles. The van der Waals surface area contributed by atoms with Gasteiger partial charge in [-0.1, -0.05) is 103 Å². The highest BCUT2D eigenvalue weighted by Crippen LogP contribution is 2.32. The van der Waals surface area contributed by atoms with Crippen LogP contribution in [0.3, 0.4) is 0 Å². The van der Waals surface area contributed by atoms with E-state index in [0.29, 0.717) is 0 Å². The maximum Gasteiger partial charge on any atom is 0.146 e. The average Bonchev–Trinajstić information content (AvgIpc) is 3.35. The zero-order chi connectivity index (χ0) is 20.6. The molecule has 2 nitrogen and oxygen atoms in total. The third-order valence-corrected chi connectivity index (χ3v) is 5.82. The van der Waals surface area contributed by atoms with E-state index < -0.39 is 0 Å². The van der Waals surface area contributed by atoms with E-state index in [4.69, 9.17) is 4.98 Å². The van der Waals surface area contributed by atoms with E-state index in [1.807, 2.05) is 0 Å². The molecule has 0 saturated heterocycles. The van der Waals surface area contributed by atoms with E-state index in [9.17, 15) is 0 Å². The van der Waals surface area contributed by atoms with E-state index >= 15 is 0 Å². The van der Waals surface area contributed by atoms with Crippen molar-refractivity contribution in [1.29, 1.82) is 0 Å². The second-order valence-corrected chi connectivity index (χ2v) is 7.68. The largest absolute Gasteiger partial charge is 0.298 e. The first-order chi connectivity index (χ1) is 15.4. The molecule has 3 aromatic carbocycles. The van der Waals surface area contributed by atoms with Crippen LogP contribution in [0.25, 0.3) is 22.7 Å². The van der Waals surface area contributed by atoms with Crippen molar-refractivity contribution in [3.63, 3.8) is 0 Å². The van der Waals surface area contributed by atoms with Crippen molar-refractivity contribution in [3.05, 3.63) is 149 Å². The summed E-state index contributed by atoms with van der Waals surface area (Å²) in [5.74, 6) is 0. The Morgan fingerprint density at radius 2 is 1.29 bits per heavy atom. The Labute approximate surface area is 181 Å². The van der Waals surface area contributed by atoms with E-state index in [2.05, 4.69) is 126 Å². The minimum absolute atomic E-state index is 0.965. The topological polar surface area (TPSA) is 17.3 Å². The summed E-state index contributed by atoms with van der Waals surface area (Å²) in [5.41, 5.74) is 10.2. The molecule has 0 unspecified atom stereocenters. The summed E-state index contributed by atoms with van der Waals surface area (Å²) in [6.45, 7) is 0. The highest BCUT2D eigenvalue weighted by molar-refractivity contribution is 5.94. The number of hydrogen-bond acceptors (Lipinski definition) is 1. The fourth-order valence-corrected chi connectivity index (χ4v) is 4.43. The summed E-state index contributed by atoms with van der Waals surface area (Å²) in [4.78, 5) is 5.13. The van der Waals surface area contributed by atoms with Gasteiger partial charge < -0.3 is 0 Å². The number of hydrogen-bond donors (Lipinski definition) is 0. The summed E-state index contributed by atoms with van der Waals surface area (Å²) in [6.07, 6.45) is 8.56. The number of imidazole rings is 1. The van der Waals surface area contributed by atoms with E-state index in [0.717, 1.165) is 33.4 Å². The van der Waals surface area contributed by atoms with Crippen molar-refractivity contribution < 1.29 is 0 Å². The van der Waals surface area contributed by atoms with Crippen LogP contribution in [0.15, 0.2) is 115 Å². The molecule has 146 valence electrons. The van der Waals surface area contributed by atoms with Gasteiger partial charge in [0.1, 0.15) is 5.48 Å². The molecule has 0 atom stereocenters. The van der Waals surface area contributed by atoms with Gasteiger partial charge >= 0.3 is 0 Å². The minimum Gasteiger partial charge on any atom is -0.298 e. The van der Waals surface area contributed by atoms with Crippen LogP contribution in [-0.2, 0) is 0 Å². The van der Waals surface area contributed by atoms with Crippen molar-refractivity contribution in [1.82, 2.24) is 9.38 Å². The predicted octanol–water partition coefficient (Wildman–Crippen LogP) is 5.76. The first-order valence-electron chi connectivity index (χ1n) is 10.5. The lowest BCUT2D eigenvalue weighted by Gasteiger charge is -2.07. The lowest BCUT2D eigenvalue weighted by atomic mass is 9.99. The maximum absolute atomic E-state index is 5.13. The summed E-state index contributed by atoms with van der Waals surface area (Å²) in [5, 5.41) is 0. The van der Waals surface area contributed by atoms with Crippen LogP contribution < -0.4 is 5.48 Å². The standard InChI is InChI=1S/C29H20N2/c1-4-11-21(12-5-1)24-17-10-18-26-28-25(24)19-20-31(28)29(30-26)27(22-13-6-2-7-14-22)23-15-8-3-9-16-23/h1-20H. The quantitative estimate of drug-likeness (QED) is 0.379. The lowest BCUT2D eigenvalue weighted by molar-refractivity contribution is 1.08. The summed E-state index contributed by atoms with van der Waals surface area (Å²) < 4.78 is 2.24. The van der Waals surface area contributed by atoms with Gasteiger partial charge in [0.05, 0.1) is 11.2 Å². The second kappa shape index (κ2) is 7.26. The molecule has 2 aromatic heterocycles. The molecule has 31 heavy (non-hydrogen) atoms. The molecule has 2 heteroatoms. The van der Waals surface area contributed by atoms with Crippen LogP contribution in [-0.4, -0.2) is 9.38 Å². The fraction of sp³-hybridized carbons (Fsp3) is 0. The van der Waals surface area contributed by atoms with Crippen molar-refractivity contribution in [2.24, 2.45) is 0 Å². The molecule has 0 amide bonds. The van der Waals surface area contributed by atoms with E-state index in [1.165, 1.54) is 16.7 Å². The van der Waals surface area contributed by atoms with Gasteiger partial charge in [0.2, 0.25) is 0 Å². The zero-order valence-corrected chi connectivity index (χ0v) is 16.9. The number of allylic oxidation sites excluding steroid dienone is 2. The lowest BCUT2D eigenvalue weighted by Crippen LogP contribution is -2.17. The Morgan fingerprint density at radius 1 is 0.677 bits per heavy atom. The van der Waals surface area contributed by atoms with Gasteiger partial charge in [-0.3, -0.25) is 4.40 Å². The Hall–Kier alpha value is -4.17. The van der Waals surface area contributed by atoms with Gasteiger partial charge in [-0.2, -0.15) is 0 Å². The Kier molecular flexibility index (Phi) is 4.14. The number of rotatable bonds is 3. The molecule has 0 spiro atoms. The first kappa shape index (κ1) is 17.7. The van der Waals surface area contributed by atoms with Crippen molar-refractivity contribution in [3.8, 4) is 0 Å². The van der Waals surface area contributed by atoms with Gasteiger partial charge in [0, 0.05) is 17.3 Å². The molecular formula is C29H20N2. The van der Waals surface area contributed by atoms with Gasteiger partial charge in [-0.15, -0.1) is 0 Å². The Bertz CT molecular complexity index is 1450. The third-order valence-electron chi connectivity index (χ3n) is 5.82. The molecular weight excluding hydrogens is 376 g/mol. The van der Waals surface area contributed by atoms with Crippen LogP contribution >= 0.6 is 0 Å². The van der Waals surface area contributed by atoms with E-state index in [1.54, 1.807) is 0 Å². The highest BCUT2D eigenvalue weighted by Gasteiger charge is 2.19. The molecule has 0 fully saturated rings. The van der Waals surface area contributed by atoms with Crippen LogP contribution in [0.1, 0.15) is 27.9 Å². The smallest absolute Gasteiger partial charge is 0.146 e. The number of nitrogens with zero attached hydrogens (tertiary/aromatic N) is 2. The molecule has 5 aromatic rings. The molecule has 0 radical (unpaired) electrons. The van der Waals surface area contributed by atoms with E-state index in [-0.39, 0.29) is 0 Å². The zero-order valence-electron chi connectivity index (χ0n) is 16.9. The molecule has 0 aliphatic heterocycles. The predicted molar refractivity (Wildman–Crippen MR) is 127 cm³/mol. The van der Waals surface area contributed by atoms with Gasteiger partial charge in [-0.25, -0.2) is 4.98 Å². The third kappa shape index (κ3) is 2.92. The van der Waals surface area contributed by atoms with Gasteiger partial charge in [0.25, 0.3) is 0 Å². The SMILES string of the molecule is C1=Cc2nc(=C(c3ccccc3)c3ccccc3)n3ccc(c23)C(c2ccccc2)=C1. The molecule has 0 N–H and O–H groups in total. The minimum atomic E-state index is 0.965. The van der Waals surface area contributed by atoms with Crippen molar-refractivity contribution in [2.75, 3.05) is 0 Å². The van der Waals surface area contributed by atoms with Crippen LogP contribution in [0.4, 0.5) is 0 Å². The van der Waals surface area contributed by atoms with Crippen molar-refractivity contribution in [2.45, 2.75) is 0 Å². The normalized spacial score (nSPS) is 12.6. The monoisotopic (exact) mass is 396 g/mol. The highest BCUT2D eigenvalue weighted by atomic mass is 15.0. The fourth-order valence-electron chi connectivity index (χ4n) is 4.43.